The van der Waals surface area contributed by atoms with Crippen LogP contribution in [-0.2, 0) is 9.53 Å². The zero-order valence-corrected chi connectivity index (χ0v) is 12.2. The number of amides is 1. The summed E-state index contributed by atoms with van der Waals surface area (Å²) in [7, 11) is 0. The number of carboxylic acids is 1. The highest BCUT2D eigenvalue weighted by atomic mass is 16.6. The van der Waals surface area contributed by atoms with Gasteiger partial charge in [0.1, 0.15) is 0 Å². The number of hydrogen-bond acceptors (Lipinski definition) is 5. The molecule has 8 nitrogen and oxygen atoms in total. The van der Waals surface area contributed by atoms with E-state index in [-0.39, 0.29) is 29.9 Å². The molecule has 2 atom stereocenters. The first-order valence-electron chi connectivity index (χ1n) is 6.72. The molecule has 0 spiro atoms. The highest BCUT2D eigenvalue weighted by molar-refractivity contribution is 5.97. The Morgan fingerprint density at radius 3 is 2.68 bits per heavy atom. The van der Waals surface area contributed by atoms with Crippen LogP contribution in [0.1, 0.15) is 22.8 Å². The molecule has 0 bridgehead atoms. The topological polar surface area (TPSA) is 110 Å². The molecule has 1 aliphatic rings. The molecule has 118 valence electrons. The molecular weight excluding hydrogens is 292 g/mol. The first-order valence-corrected chi connectivity index (χ1v) is 6.72. The van der Waals surface area contributed by atoms with E-state index in [0.717, 1.165) is 0 Å². The lowest BCUT2D eigenvalue weighted by atomic mass is 10.0. The highest BCUT2D eigenvalue weighted by Gasteiger charge is 2.34. The average molecular weight is 308 g/mol. The number of morpholine rings is 1. The molecule has 1 amide bonds. The minimum Gasteiger partial charge on any atom is -0.479 e. The van der Waals surface area contributed by atoms with Crippen LogP contribution in [0.4, 0.5) is 5.69 Å². The van der Waals surface area contributed by atoms with E-state index in [1.165, 1.54) is 30.0 Å². The number of benzene rings is 1. The van der Waals surface area contributed by atoms with Gasteiger partial charge >= 0.3 is 5.97 Å². The Balaban J connectivity index is 2.30. The van der Waals surface area contributed by atoms with Crippen LogP contribution in [0, 0.1) is 17.0 Å². The van der Waals surface area contributed by atoms with Crippen LogP contribution in [0.25, 0.3) is 0 Å². The zero-order valence-electron chi connectivity index (χ0n) is 12.2. The number of nitrogens with zero attached hydrogens (tertiary/aromatic N) is 2. The van der Waals surface area contributed by atoms with Crippen molar-refractivity contribution in [1.29, 1.82) is 0 Å². The average Bonchev–Trinajstić information content (AvgIpc) is 2.45. The van der Waals surface area contributed by atoms with Crippen molar-refractivity contribution in [3.8, 4) is 0 Å². The Labute approximate surface area is 126 Å². The number of nitro benzene ring substituents is 1. The summed E-state index contributed by atoms with van der Waals surface area (Å²) in [5.74, 6) is -1.57. The van der Waals surface area contributed by atoms with Gasteiger partial charge in [0.2, 0.25) is 0 Å². The summed E-state index contributed by atoms with van der Waals surface area (Å²) in [5, 5.41) is 20.0. The Kier molecular flexibility index (Phi) is 4.41. The maximum Gasteiger partial charge on any atom is 0.334 e. The minimum atomic E-state index is -1.14. The standard InChI is InChI=1S/C14H16N2O6/c1-8-6-15(7-12(22-8)14(18)19)13(17)10-4-3-5-11(9(10)2)16(20)21/h3-5,8,12H,6-7H2,1-2H3,(H,18,19)/t8-,12?/m1/s1. The van der Waals surface area contributed by atoms with Gasteiger partial charge in [0.15, 0.2) is 6.10 Å². The lowest BCUT2D eigenvalue weighted by Gasteiger charge is -2.35. The second-order valence-electron chi connectivity index (χ2n) is 5.19. The number of hydrogen-bond donors (Lipinski definition) is 1. The molecule has 1 saturated heterocycles. The predicted molar refractivity (Wildman–Crippen MR) is 75.7 cm³/mol. The van der Waals surface area contributed by atoms with Gasteiger partial charge in [-0.05, 0) is 19.9 Å². The number of ether oxygens (including phenoxy) is 1. The van der Waals surface area contributed by atoms with Crippen LogP contribution < -0.4 is 0 Å². The molecule has 0 aliphatic carbocycles. The molecule has 1 aromatic carbocycles. The van der Waals surface area contributed by atoms with E-state index in [9.17, 15) is 19.7 Å². The van der Waals surface area contributed by atoms with Gasteiger partial charge in [-0.1, -0.05) is 6.07 Å². The molecule has 8 heteroatoms. The molecule has 1 aliphatic heterocycles. The monoisotopic (exact) mass is 308 g/mol. The fourth-order valence-corrected chi connectivity index (χ4v) is 2.48. The maximum absolute atomic E-state index is 12.6. The number of carbonyl (C=O) groups excluding carboxylic acids is 1. The lowest BCUT2D eigenvalue weighted by Crippen LogP contribution is -2.51. The molecule has 2 rings (SSSR count). The largest absolute Gasteiger partial charge is 0.479 e. The van der Waals surface area contributed by atoms with Crippen LogP contribution in [0.15, 0.2) is 18.2 Å². The number of carboxylic acid groups (broad SMARTS) is 1. The summed E-state index contributed by atoms with van der Waals surface area (Å²) >= 11 is 0. The van der Waals surface area contributed by atoms with E-state index in [4.69, 9.17) is 9.84 Å². The first-order chi connectivity index (χ1) is 10.3. The Morgan fingerprint density at radius 2 is 2.09 bits per heavy atom. The summed E-state index contributed by atoms with van der Waals surface area (Å²) in [4.78, 5) is 35.4. The van der Waals surface area contributed by atoms with Crippen LogP contribution in [0.5, 0.6) is 0 Å². The molecule has 1 unspecified atom stereocenters. The molecule has 1 N–H and O–H groups in total. The van der Waals surface area contributed by atoms with Crippen molar-refractivity contribution in [2.24, 2.45) is 0 Å². The Hall–Kier alpha value is -2.48. The molecular formula is C14H16N2O6. The first kappa shape index (κ1) is 15.9. The third-order valence-electron chi connectivity index (χ3n) is 3.56. The van der Waals surface area contributed by atoms with E-state index in [1.54, 1.807) is 6.92 Å². The van der Waals surface area contributed by atoms with Crippen LogP contribution in [-0.4, -0.2) is 52.1 Å². The molecule has 22 heavy (non-hydrogen) atoms. The second kappa shape index (κ2) is 6.10. The third-order valence-corrected chi connectivity index (χ3v) is 3.56. The van der Waals surface area contributed by atoms with Crippen molar-refractivity contribution in [3.05, 3.63) is 39.4 Å². The van der Waals surface area contributed by atoms with Gasteiger partial charge in [-0.3, -0.25) is 14.9 Å². The van der Waals surface area contributed by atoms with Crippen LogP contribution >= 0.6 is 0 Å². The summed E-state index contributed by atoms with van der Waals surface area (Å²) in [6.07, 6.45) is -1.51. The summed E-state index contributed by atoms with van der Waals surface area (Å²) in [6.45, 7) is 3.34. The number of aliphatic carboxylic acids is 1. The number of carbonyl (C=O) groups is 2. The minimum absolute atomic E-state index is 0.0827. The Morgan fingerprint density at radius 1 is 1.41 bits per heavy atom. The molecule has 1 aromatic rings. The van der Waals surface area contributed by atoms with Gasteiger partial charge in [0, 0.05) is 23.7 Å². The molecule has 0 radical (unpaired) electrons. The molecule has 1 heterocycles. The summed E-state index contributed by atoms with van der Waals surface area (Å²) in [6, 6.07) is 4.27. The van der Waals surface area contributed by atoms with E-state index in [2.05, 4.69) is 0 Å². The van der Waals surface area contributed by atoms with Gasteiger partial charge in [-0.25, -0.2) is 4.79 Å². The summed E-state index contributed by atoms with van der Waals surface area (Å²) in [5.41, 5.74) is 0.331. The fraction of sp³-hybridized carbons (Fsp3) is 0.429. The summed E-state index contributed by atoms with van der Waals surface area (Å²) < 4.78 is 5.25. The van der Waals surface area contributed by atoms with Crippen molar-refractivity contribution < 1.29 is 24.4 Å². The van der Waals surface area contributed by atoms with Crippen molar-refractivity contribution in [1.82, 2.24) is 4.90 Å². The van der Waals surface area contributed by atoms with E-state index in [0.29, 0.717) is 0 Å². The predicted octanol–water partition coefficient (Wildman–Crippen LogP) is 1.22. The van der Waals surface area contributed by atoms with Crippen molar-refractivity contribution >= 4 is 17.6 Å². The lowest BCUT2D eigenvalue weighted by molar-refractivity contribution is -0.385. The van der Waals surface area contributed by atoms with Crippen molar-refractivity contribution in [2.45, 2.75) is 26.1 Å². The van der Waals surface area contributed by atoms with Gasteiger partial charge in [0.05, 0.1) is 17.6 Å². The van der Waals surface area contributed by atoms with E-state index in [1.807, 2.05) is 0 Å². The molecule has 1 fully saturated rings. The third kappa shape index (κ3) is 3.06. The van der Waals surface area contributed by atoms with Gasteiger partial charge in [-0.15, -0.1) is 0 Å². The maximum atomic E-state index is 12.6. The van der Waals surface area contributed by atoms with Gasteiger partial charge in [-0.2, -0.15) is 0 Å². The number of rotatable bonds is 3. The molecule has 0 saturated carbocycles. The normalized spacial score (nSPS) is 21.5. The Bertz CT molecular complexity index is 630. The van der Waals surface area contributed by atoms with Gasteiger partial charge in [0.25, 0.3) is 11.6 Å². The second-order valence-corrected chi connectivity index (χ2v) is 5.19. The van der Waals surface area contributed by atoms with Crippen molar-refractivity contribution in [2.75, 3.05) is 13.1 Å². The number of nitro groups is 1. The molecule has 0 aromatic heterocycles. The van der Waals surface area contributed by atoms with Crippen molar-refractivity contribution in [3.63, 3.8) is 0 Å². The smallest absolute Gasteiger partial charge is 0.334 e. The van der Waals surface area contributed by atoms with E-state index < -0.39 is 29.0 Å². The van der Waals surface area contributed by atoms with E-state index >= 15 is 0 Å². The van der Waals surface area contributed by atoms with Gasteiger partial charge < -0.3 is 14.7 Å². The fourth-order valence-electron chi connectivity index (χ4n) is 2.48. The van der Waals surface area contributed by atoms with Crippen LogP contribution in [0.3, 0.4) is 0 Å². The van der Waals surface area contributed by atoms with Crippen LogP contribution in [0.2, 0.25) is 0 Å². The zero-order chi connectivity index (χ0) is 16.4. The SMILES string of the molecule is Cc1c(C(=O)N2CC(C(=O)O)O[C@H](C)C2)cccc1[N+](=O)[O-]. The quantitative estimate of drug-likeness (QED) is 0.664. The highest BCUT2D eigenvalue weighted by Crippen LogP contribution is 2.23.